The van der Waals surface area contributed by atoms with Crippen molar-refractivity contribution in [1.82, 2.24) is 15.1 Å². The number of benzene rings is 1. The van der Waals surface area contributed by atoms with Gasteiger partial charge >= 0.3 is 0 Å². The van der Waals surface area contributed by atoms with Gasteiger partial charge in [-0.15, -0.1) is 0 Å². The molecule has 21 heavy (non-hydrogen) atoms. The largest absolute Gasteiger partial charge is 0.399 e. The molecule has 0 spiro atoms. The van der Waals surface area contributed by atoms with Gasteiger partial charge < -0.3 is 11.1 Å². The maximum Gasteiger partial charge on any atom is 0.271 e. The molecule has 0 aliphatic heterocycles. The van der Waals surface area contributed by atoms with Gasteiger partial charge in [0.05, 0.1) is 5.69 Å². The molecule has 1 aromatic heterocycles. The third kappa shape index (κ3) is 4.08. The van der Waals surface area contributed by atoms with Gasteiger partial charge in [0.25, 0.3) is 5.91 Å². The van der Waals surface area contributed by atoms with Crippen LogP contribution >= 0.6 is 0 Å². The summed E-state index contributed by atoms with van der Waals surface area (Å²) in [5, 5.41) is 7.27. The Labute approximate surface area is 125 Å². The Morgan fingerprint density at radius 3 is 2.76 bits per heavy atom. The second kappa shape index (κ2) is 6.43. The molecule has 5 heteroatoms. The zero-order chi connectivity index (χ0) is 15.4. The first kappa shape index (κ1) is 15.1. The first-order valence-electron chi connectivity index (χ1n) is 7.18. The van der Waals surface area contributed by atoms with E-state index in [1.54, 1.807) is 16.9 Å². The molecular formula is C16H22N4O. The van der Waals surface area contributed by atoms with Crippen molar-refractivity contribution >= 4 is 11.6 Å². The maximum absolute atomic E-state index is 12.1. The van der Waals surface area contributed by atoms with Gasteiger partial charge in [-0.05, 0) is 43.5 Å². The number of aromatic nitrogens is 2. The fraction of sp³-hybridized carbons (Fsp3) is 0.375. The molecule has 1 atom stereocenters. The SMILES string of the molecule is CC(C)CC(C)NC(=O)c1ccn(-c2cccc(N)c2)n1. The number of nitrogens with two attached hydrogens (primary N) is 1. The molecule has 5 nitrogen and oxygen atoms in total. The van der Waals surface area contributed by atoms with Crippen LogP contribution in [0.25, 0.3) is 5.69 Å². The number of nitrogens with zero attached hydrogens (tertiary/aromatic N) is 2. The Kier molecular flexibility index (Phi) is 4.62. The van der Waals surface area contributed by atoms with E-state index in [1.165, 1.54) is 0 Å². The number of hydrogen-bond donors (Lipinski definition) is 2. The highest BCUT2D eigenvalue weighted by molar-refractivity contribution is 5.92. The van der Waals surface area contributed by atoms with Crippen molar-refractivity contribution < 1.29 is 4.79 Å². The Morgan fingerprint density at radius 1 is 1.33 bits per heavy atom. The van der Waals surface area contributed by atoms with Gasteiger partial charge in [0.15, 0.2) is 5.69 Å². The van der Waals surface area contributed by atoms with Gasteiger partial charge in [0.1, 0.15) is 0 Å². The van der Waals surface area contributed by atoms with Crippen LogP contribution in [0.3, 0.4) is 0 Å². The number of carbonyl (C=O) groups excluding carboxylic acids is 1. The fourth-order valence-corrected chi connectivity index (χ4v) is 2.32. The molecule has 0 aliphatic rings. The lowest BCUT2D eigenvalue weighted by atomic mass is 10.1. The van der Waals surface area contributed by atoms with E-state index in [-0.39, 0.29) is 11.9 Å². The third-order valence-electron chi connectivity index (χ3n) is 3.16. The van der Waals surface area contributed by atoms with Crippen LogP contribution in [0.1, 0.15) is 37.7 Å². The number of nitrogens with one attached hydrogen (secondary N) is 1. The summed E-state index contributed by atoms with van der Waals surface area (Å²) in [6, 6.07) is 9.23. The number of amides is 1. The van der Waals surface area contributed by atoms with Crippen molar-refractivity contribution in [2.24, 2.45) is 5.92 Å². The van der Waals surface area contributed by atoms with E-state index >= 15 is 0 Å². The Hall–Kier alpha value is -2.30. The van der Waals surface area contributed by atoms with Crippen molar-refractivity contribution in [3.63, 3.8) is 0 Å². The van der Waals surface area contributed by atoms with E-state index < -0.39 is 0 Å². The zero-order valence-corrected chi connectivity index (χ0v) is 12.7. The molecule has 0 bridgehead atoms. The average molecular weight is 286 g/mol. The Balaban J connectivity index is 2.07. The number of carbonyl (C=O) groups is 1. The van der Waals surface area contributed by atoms with Gasteiger partial charge in [0.2, 0.25) is 0 Å². The summed E-state index contributed by atoms with van der Waals surface area (Å²) in [6.07, 6.45) is 2.71. The van der Waals surface area contributed by atoms with Crippen molar-refractivity contribution in [3.8, 4) is 5.69 Å². The first-order chi connectivity index (χ1) is 9.95. The summed E-state index contributed by atoms with van der Waals surface area (Å²) in [5.74, 6) is 0.399. The molecular weight excluding hydrogens is 264 g/mol. The van der Waals surface area contributed by atoms with E-state index in [1.807, 2.05) is 31.2 Å². The number of rotatable bonds is 5. The highest BCUT2D eigenvalue weighted by Crippen LogP contribution is 2.12. The summed E-state index contributed by atoms with van der Waals surface area (Å²) in [7, 11) is 0. The molecule has 2 aromatic rings. The highest BCUT2D eigenvalue weighted by Gasteiger charge is 2.14. The standard InChI is InChI=1S/C16H22N4O/c1-11(2)9-12(3)18-16(21)15-7-8-20(19-15)14-6-4-5-13(17)10-14/h4-8,10-12H,9,17H2,1-3H3,(H,18,21). The predicted octanol–water partition coefficient (Wildman–Crippen LogP) is 2.62. The molecule has 0 saturated heterocycles. The molecule has 1 amide bonds. The van der Waals surface area contributed by atoms with E-state index in [2.05, 4.69) is 24.3 Å². The van der Waals surface area contributed by atoms with Crippen LogP contribution in [0.4, 0.5) is 5.69 Å². The van der Waals surface area contributed by atoms with Crippen LogP contribution < -0.4 is 11.1 Å². The molecule has 0 saturated carbocycles. The minimum absolute atomic E-state index is 0.134. The van der Waals surface area contributed by atoms with Crippen LogP contribution in [-0.4, -0.2) is 21.7 Å². The highest BCUT2D eigenvalue weighted by atomic mass is 16.2. The second-order valence-corrected chi connectivity index (χ2v) is 5.74. The second-order valence-electron chi connectivity index (χ2n) is 5.74. The lowest BCUT2D eigenvalue weighted by Crippen LogP contribution is -2.33. The fourth-order valence-electron chi connectivity index (χ4n) is 2.32. The van der Waals surface area contributed by atoms with Crippen molar-refractivity contribution in [2.75, 3.05) is 5.73 Å². The minimum atomic E-state index is -0.147. The predicted molar refractivity (Wildman–Crippen MR) is 84.4 cm³/mol. The molecule has 0 aliphatic carbocycles. The average Bonchev–Trinajstić information content (AvgIpc) is 2.87. The summed E-state index contributed by atoms with van der Waals surface area (Å²) in [4.78, 5) is 12.1. The van der Waals surface area contributed by atoms with E-state index in [0.29, 0.717) is 17.3 Å². The van der Waals surface area contributed by atoms with Crippen molar-refractivity contribution in [1.29, 1.82) is 0 Å². The topological polar surface area (TPSA) is 72.9 Å². The molecule has 3 N–H and O–H groups in total. The molecule has 1 unspecified atom stereocenters. The molecule has 2 rings (SSSR count). The van der Waals surface area contributed by atoms with Crippen LogP contribution in [0.15, 0.2) is 36.5 Å². The van der Waals surface area contributed by atoms with Crippen LogP contribution in [0.2, 0.25) is 0 Å². The molecule has 0 fully saturated rings. The normalized spacial score (nSPS) is 12.4. The number of nitrogen functional groups attached to an aromatic ring is 1. The summed E-state index contributed by atoms with van der Waals surface area (Å²) in [6.45, 7) is 6.28. The molecule has 112 valence electrons. The van der Waals surface area contributed by atoms with Crippen molar-refractivity contribution in [2.45, 2.75) is 33.2 Å². The van der Waals surface area contributed by atoms with Gasteiger partial charge in [0, 0.05) is 17.9 Å². The smallest absolute Gasteiger partial charge is 0.271 e. The zero-order valence-electron chi connectivity index (χ0n) is 12.7. The molecule has 1 aromatic carbocycles. The monoisotopic (exact) mass is 286 g/mol. The van der Waals surface area contributed by atoms with Crippen LogP contribution in [0, 0.1) is 5.92 Å². The van der Waals surface area contributed by atoms with E-state index in [0.717, 1.165) is 12.1 Å². The van der Waals surface area contributed by atoms with Crippen molar-refractivity contribution in [3.05, 3.63) is 42.2 Å². The lowest BCUT2D eigenvalue weighted by molar-refractivity contribution is 0.0930. The van der Waals surface area contributed by atoms with Gasteiger partial charge in [-0.1, -0.05) is 19.9 Å². The molecule has 1 heterocycles. The lowest BCUT2D eigenvalue weighted by Gasteiger charge is -2.14. The first-order valence-corrected chi connectivity index (χ1v) is 7.18. The quantitative estimate of drug-likeness (QED) is 0.830. The maximum atomic E-state index is 12.1. The van der Waals surface area contributed by atoms with Crippen LogP contribution in [-0.2, 0) is 0 Å². The van der Waals surface area contributed by atoms with E-state index in [9.17, 15) is 4.79 Å². The summed E-state index contributed by atoms with van der Waals surface area (Å²) >= 11 is 0. The minimum Gasteiger partial charge on any atom is -0.399 e. The summed E-state index contributed by atoms with van der Waals surface area (Å²) < 4.78 is 1.65. The molecule has 0 radical (unpaired) electrons. The third-order valence-corrected chi connectivity index (χ3v) is 3.16. The summed E-state index contributed by atoms with van der Waals surface area (Å²) in [5.41, 5.74) is 7.67. The number of hydrogen-bond acceptors (Lipinski definition) is 3. The van der Waals surface area contributed by atoms with E-state index in [4.69, 9.17) is 5.73 Å². The van der Waals surface area contributed by atoms with Crippen LogP contribution in [0.5, 0.6) is 0 Å². The van der Waals surface area contributed by atoms with Gasteiger partial charge in [-0.2, -0.15) is 5.10 Å². The Bertz CT molecular complexity index is 618. The Morgan fingerprint density at radius 2 is 2.10 bits per heavy atom. The van der Waals surface area contributed by atoms with Gasteiger partial charge in [-0.3, -0.25) is 4.79 Å². The van der Waals surface area contributed by atoms with Gasteiger partial charge in [-0.25, -0.2) is 4.68 Å². The number of anilines is 1.